The molecule has 1 heterocycles. The van der Waals surface area contributed by atoms with Gasteiger partial charge in [0.15, 0.2) is 0 Å². The van der Waals surface area contributed by atoms with Crippen LogP contribution >= 0.6 is 11.6 Å². The van der Waals surface area contributed by atoms with Crippen molar-refractivity contribution in [3.05, 3.63) is 99.4 Å². The molecule has 0 unspecified atom stereocenters. The van der Waals surface area contributed by atoms with Gasteiger partial charge in [-0.3, -0.25) is 4.79 Å². The van der Waals surface area contributed by atoms with E-state index in [0.717, 1.165) is 5.56 Å². The van der Waals surface area contributed by atoms with Crippen LogP contribution in [0.25, 0.3) is 22.1 Å². The standard InChI is InChI=1S/C23H14ClF3O3/c24-16-8-6-14(7-9-16)13-29-17-10-11-18-19(12-17)30-22(23(25,26)27)20(21(18)28)15-4-2-1-3-5-15/h1-12H,13H2. The molecule has 0 aliphatic heterocycles. The summed E-state index contributed by atoms with van der Waals surface area (Å²) in [6.07, 6.45) is -4.83. The first-order valence-corrected chi connectivity index (χ1v) is 9.31. The molecule has 30 heavy (non-hydrogen) atoms. The van der Waals surface area contributed by atoms with E-state index in [1.807, 2.05) is 0 Å². The first kappa shape index (κ1) is 20.0. The second-order valence-electron chi connectivity index (χ2n) is 6.57. The van der Waals surface area contributed by atoms with Gasteiger partial charge in [-0.1, -0.05) is 54.1 Å². The van der Waals surface area contributed by atoms with Crippen molar-refractivity contribution < 1.29 is 22.3 Å². The molecule has 7 heteroatoms. The van der Waals surface area contributed by atoms with Crippen molar-refractivity contribution in [2.45, 2.75) is 12.8 Å². The van der Waals surface area contributed by atoms with E-state index in [1.54, 1.807) is 42.5 Å². The molecule has 0 radical (unpaired) electrons. The number of rotatable bonds is 4. The summed E-state index contributed by atoms with van der Waals surface area (Å²) < 4.78 is 51.8. The van der Waals surface area contributed by atoms with Crippen LogP contribution in [0.4, 0.5) is 13.2 Å². The minimum atomic E-state index is -4.83. The molecule has 3 nitrogen and oxygen atoms in total. The molecule has 152 valence electrons. The van der Waals surface area contributed by atoms with Crippen molar-refractivity contribution in [2.24, 2.45) is 0 Å². The Morgan fingerprint density at radius 1 is 0.933 bits per heavy atom. The Morgan fingerprint density at radius 3 is 2.30 bits per heavy atom. The summed E-state index contributed by atoms with van der Waals surface area (Å²) in [5, 5.41) is 0.626. The van der Waals surface area contributed by atoms with Crippen molar-refractivity contribution >= 4 is 22.6 Å². The van der Waals surface area contributed by atoms with Gasteiger partial charge in [-0.2, -0.15) is 13.2 Å². The van der Waals surface area contributed by atoms with Crippen LogP contribution in [0, 0.1) is 0 Å². The lowest BCUT2D eigenvalue weighted by Crippen LogP contribution is -2.16. The summed E-state index contributed by atoms with van der Waals surface area (Å²) in [7, 11) is 0. The molecule has 0 saturated carbocycles. The van der Waals surface area contributed by atoms with Crippen LogP contribution in [-0.2, 0) is 12.8 Å². The van der Waals surface area contributed by atoms with Gasteiger partial charge >= 0.3 is 6.18 Å². The van der Waals surface area contributed by atoms with E-state index < -0.39 is 22.9 Å². The molecule has 1 aromatic heterocycles. The molecule has 4 aromatic rings. The van der Waals surface area contributed by atoms with Gasteiger partial charge in [0.1, 0.15) is 17.9 Å². The summed E-state index contributed by atoms with van der Waals surface area (Å²) in [6.45, 7) is 0.182. The summed E-state index contributed by atoms with van der Waals surface area (Å²) in [6, 6.07) is 18.9. The third kappa shape index (κ3) is 4.04. The lowest BCUT2D eigenvalue weighted by atomic mass is 10.0. The summed E-state index contributed by atoms with van der Waals surface area (Å²) in [5.74, 6) is -1.05. The largest absolute Gasteiger partial charge is 0.489 e. The lowest BCUT2D eigenvalue weighted by molar-refractivity contribution is -0.152. The number of alkyl halides is 3. The van der Waals surface area contributed by atoms with E-state index >= 15 is 0 Å². The molecular weight excluding hydrogens is 417 g/mol. The molecule has 0 fully saturated rings. The summed E-state index contributed by atoms with van der Waals surface area (Å²) >= 11 is 5.84. The Hall–Kier alpha value is -3.25. The van der Waals surface area contributed by atoms with Crippen molar-refractivity contribution in [1.82, 2.24) is 0 Å². The molecule has 0 aliphatic carbocycles. The highest BCUT2D eigenvalue weighted by Crippen LogP contribution is 2.37. The predicted molar refractivity (Wildman–Crippen MR) is 109 cm³/mol. The fourth-order valence-electron chi connectivity index (χ4n) is 3.08. The molecule has 0 spiro atoms. The van der Waals surface area contributed by atoms with Gasteiger partial charge in [-0.25, -0.2) is 0 Å². The van der Waals surface area contributed by atoms with E-state index in [2.05, 4.69) is 0 Å². The maximum absolute atomic E-state index is 13.7. The highest BCUT2D eigenvalue weighted by Gasteiger charge is 2.39. The van der Waals surface area contributed by atoms with Crippen LogP contribution in [0.5, 0.6) is 5.75 Å². The SMILES string of the molecule is O=c1c(-c2ccccc2)c(C(F)(F)F)oc2cc(OCc3ccc(Cl)cc3)ccc12. The van der Waals surface area contributed by atoms with Gasteiger partial charge in [-0.05, 0) is 35.4 Å². The maximum atomic E-state index is 13.7. The predicted octanol–water partition coefficient (Wildman–Crippen LogP) is 6.71. The first-order chi connectivity index (χ1) is 14.3. The summed E-state index contributed by atoms with van der Waals surface area (Å²) in [5.41, 5.74) is -0.482. The Balaban J connectivity index is 1.77. The molecule has 0 bridgehead atoms. The van der Waals surface area contributed by atoms with Crippen LogP contribution in [0.2, 0.25) is 5.02 Å². The Kier molecular flexibility index (Phi) is 5.26. The number of fused-ring (bicyclic) bond motifs is 1. The quantitative estimate of drug-likeness (QED) is 0.361. The summed E-state index contributed by atoms with van der Waals surface area (Å²) in [4.78, 5) is 12.9. The van der Waals surface area contributed by atoms with Gasteiger partial charge in [0.05, 0.1) is 10.9 Å². The van der Waals surface area contributed by atoms with Crippen LogP contribution in [-0.4, -0.2) is 0 Å². The number of halogens is 4. The lowest BCUT2D eigenvalue weighted by Gasteiger charge is -2.13. The minimum absolute atomic E-state index is 0.0423. The van der Waals surface area contributed by atoms with Crippen LogP contribution in [0.3, 0.4) is 0 Å². The number of benzene rings is 3. The number of hydrogen-bond acceptors (Lipinski definition) is 3. The van der Waals surface area contributed by atoms with Crippen LogP contribution in [0.15, 0.2) is 82.0 Å². The topological polar surface area (TPSA) is 39.4 Å². The van der Waals surface area contributed by atoms with Crippen molar-refractivity contribution in [2.75, 3.05) is 0 Å². The van der Waals surface area contributed by atoms with Crippen LogP contribution in [0.1, 0.15) is 11.3 Å². The van der Waals surface area contributed by atoms with Gasteiger partial charge in [0.25, 0.3) is 0 Å². The maximum Gasteiger partial charge on any atom is 0.450 e. The van der Waals surface area contributed by atoms with E-state index in [-0.39, 0.29) is 28.9 Å². The monoisotopic (exact) mass is 430 g/mol. The van der Waals surface area contributed by atoms with E-state index in [0.29, 0.717) is 5.02 Å². The minimum Gasteiger partial charge on any atom is -0.489 e. The Bertz CT molecular complexity index is 1250. The van der Waals surface area contributed by atoms with Gasteiger partial charge in [0, 0.05) is 11.1 Å². The fourth-order valence-corrected chi connectivity index (χ4v) is 3.20. The van der Waals surface area contributed by atoms with Gasteiger partial charge < -0.3 is 9.15 Å². The third-order valence-electron chi connectivity index (χ3n) is 4.50. The molecule has 0 amide bonds. The smallest absolute Gasteiger partial charge is 0.450 e. The van der Waals surface area contributed by atoms with E-state index in [1.165, 1.54) is 30.3 Å². The number of hydrogen-bond donors (Lipinski definition) is 0. The third-order valence-corrected chi connectivity index (χ3v) is 4.75. The van der Waals surface area contributed by atoms with Crippen molar-refractivity contribution in [3.8, 4) is 16.9 Å². The first-order valence-electron chi connectivity index (χ1n) is 8.93. The van der Waals surface area contributed by atoms with E-state index in [4.69, 9.17) is 20.8 Å². The number of ether oxygens (including phenoxy) is 1. The fraction of sp³-hybridized carbons (Fsp3) is 0.0870. The van der Waals surface area contributed by atoms with Crippen molar-refractivity contribution in [1.29, 1.82) is 0 Å². The molecule has 0 atom stereocenters. The molecule has 3 aromatic carbocycles. The average molecular weight is 431 g/mol. The second-order valence-corrected chi connectivity index (χ2v) is 7.01. The highest BCUT2D eigenvalue weighted by atomic mass is 35.5. The normalized spacial score (nSPS) is 11.6. The highest BCUT2D eigenvalue weighted by molar-refractivity contribution is 6.30. The molecule has 0 N–H and O–H groups in total. The zero-order chi connectivity index (χ0) is 21.3. The molecule has 0 aliphatic rings. The van der Waals surface area contributed by atoms with Crippen molar-refractivity contribution in [3.63, 3.8) is 0 Å². The molecule has 0 saturated heterocycles. The van der Waals surface area contributed by atoms with E-state index in [9.17, 15) is 18.0 Å². The second kappa shape index (κ2) is 7.88. The van der Waals surface area contributed by atoms with Gasteiger partial charge in [-0.15, -0.1) is 0 Å². The average Bonchev–Trinajstić information content (AvgIpc) is 2.73. The Labute approximate surface area is 174 Å². The Morgan fingerprint density at radius 2 is 1.63 bits per heavy atom. The zero-order valence-electron chi connectivity index (χ0n) is 15.4. The molecule has 4 rings (SSSR count). The van der Waals surface area contributed by atoms with Crippen LogP contribution < -0.4 is 10.2 Å². The molecular formula is C23H14ClF3O3. The zero-order valence-corrected chi connectivity index (χ0v) is 16.1. The van der Waals surface area contributed by atoms with Gasteiger partial charge in [0.2, 0.25) is 11.2 Å².